The second-order valence-electron chi connectivity index (χ2n) is 5.53. The standard InChI is InChI=1S/C17H22N4/c1-2-13-7-3-6-10-15(13)20-17-18-12-11-16(21-17)19-14-8-4-5-9-14/h3,6-7,10-12,14H,2,4-5,8-9H2,1H3,(H2,18,19,20,21). The second kappa shape index (κ2) is 6.57. The SMILES string of the molecule is CCc1ccccc1Nc1nccc(NC2CCCC2)n1. The lowest BCUT2D eigenvalue weighted by Crippen LogP contribution is -2.16. The van der Waals surface area contributed by atoms with Crippen molar-refractivity contribution in [1.29, 1.82) is 0 Å². The molecule has 1 aromatic carbocycles. The Hall–Kier alpha value is -2.10. The minimum absolute atomic E-state index is 0.565. The van der Waals surface area contributed by atoms with Crippen LogP contribution in [0, 0.1) is 0 Å². The highest BCUT2D eigenvalue weighted by atomic mass is 15.1. The molecule has 3 rings (SSSR count). The van der Waals surface area contributed by atoms with E-state index in [1.165, 1.54) is 31.2 Å². The van der Waals surface area contributed by atoms with E-state index in [1.807, 2.05) is 12.1 Å². The molecule has 1 saturated carbocycles. The second-order valence-corrected chi connectivity index (χ2v) is 5.53. The summed E-state index contributed by atoms with van der Waals surface area (Å²) in [5.74, 6) is 1.56. The van der Waals surface area contributed by atoms with Crippen molar-refractivity contribution in [2.75, 3.05) is 10.6 Å². The molecule has 21 heavy (non-hydrogen) atoms. The van der Waals surface area contributed by atoms with E-state index in [9.17, 15) is 0 Å². The summed E-state index contributed by atoms with van der Waals surface area (Å²) in [4.78, 5) is 8.90. The van der Waals surface area contributed by atoms with Crippen molar-refractivity contribution in [2.24, 2.45) is 0 Å². The van der Waals surface area contributed by atoms with E-state index < -0.39 is 0 Å². The van der Waals surface area contributed by atoms with E-state index in [0.29, 0.717) is 12.0 Å². The Kier molecular flexibility index (Phi) is 4.34. The van der Waals surface area contributed by atoms with E-state index >= 15 is 0 Å². The van der Waals surface area contributed by atoms with Gasteiger partial charge in [0.1, 0.15) is 5.82 Å². The van der Waals surface area contributed by atoms with Crippen LogP contribution < -0.4 is 10.6 Å². The monoisotopic (exact) mass is 282 g/mol. The number of rotatable bonds is 5. The van der Waals surface area contributed by atoms with Gasteiger partial charge < -0.3 is 10.6 Å². The zero-order chi connectivity index (χ0) is 14.5. The highest BCUT2D eigenvalue weighted by molar-refractivity contribution is 5.59. The van der Waals surface area contributed by atoms with Crippen molar-refractivity contribution >= 4 is 17.5 Å². The number of aryl methyl sites for hydroxylation is 1. The number of hydrogen-bond acceptors (Lipinski definition) is 4. The maximum absolute atomic E-state index is 4.57. The number of nitrogens with one attached hydrogen (secondary N) is 2. The van der Waals surface area contributed by atoms with Gasteiger partial charge in [-0.2, -0.15) is 4.98 Å². The van der Waals surface area contributed by atoms with Crippen LogP contribution in [0.1, 0.15) is 38.2 Å². The van der Waals surface area contributed by atoms with Gasteiger partial charge in [-0.05, 0) is 37.0 Å². The predicted octanol–water partition coefficient (Wildman–Crippen LogP) is 4.14. The van der Waals surface area contributed by atoms with Crippen LogP contribution in [-0.4, -0.2) is 16.0 Å². The fourth-order valence-electron chi connectivity index (χ4n) is 2.85. The highest BCUT2D eigenvalue weighted by Gasteiger charge is 2.15. The molecule has 1 heterocycles. The molecule has 0 unspecified atom stereocenters. The maximum atomic E-state index is 4.57. The third kappa shape index (κ3) is 3.51. The van der Waals surface area contributed by atoms with Gasteiger partial charge in [0, 0.05) is 17.9 Å². The van der Waals surface area contributed by atoms with E-state index in [4.69, 9.17) is 0 Å². The van der Waals surface area contributed by atoms with Crippen LogP contribution >= 0.6 is 0 Å². The minimum Gasteiger partial charge on any atom is -0.367 e. The quantitative estimate of drug-likeness (QED) is 0.865. The van der Waals surface area contributed by atoms with Gasteiger partial charge >= 0.3 is 0 Å². The number of anilines is 3. The number of aromatic nitrogens is 2. The molecule has 0 amide bonds. The lowest BCUT2D eigenvalue weighted by molar-refractivity contribution is 0.750. The van der Waals surface area contributed by atoms with Crippen LogP contribution in [0.25, 0.3) is 0 Å². The topological polar surface area (TPSA) is 49.8 Å². The molecule has 0 saturated heterocycles. The molecule has 1 fully saturated rings. The first kappa shape index (κ1) is 13.9. The summed E-state index contributed by atoms with van der Waals surface area (Å²) < 4.78 is 0. The Balaban J connectivity index is 1.73. The van der Waals surface area contributed by atoms with Gasteiger partial charge in [-0.15, -0.1) is 0 Å². The molecule has 0 radical (unpaired) electrons. The Morgan fingerprint density at radius 1 is 1.14 bits per heavy atom. The summed E-state index contributed by atoms with van der Waals surface area (Å²) in [5.41, 5.74) is 2.35. The fourth-order valence-corrected chi connectivity index (χ4v) is 2.85. The van der Waals surface area contributed by atoms with Crippen LogP contribution in [0.4, 0.5) is 17.5 Å². The molecule has 4 heteroatoms. The van der Waals surface area contributed by atoms with Gasteiger partial charge in [0.05, 0.1) is 0 Å². The number of nitrogens with zero attached hydrogens (tertiary/aromatic N) is 2. The van der Waals surface area contributed by atoms with Crippen LogP contribution in [0.3, 0.4) is 0 Å². The van der Waals surface area contributed by atoms with E-state index in [2.05, 4.69) is 45.7 Å². The molecule has 0 aliphatic heterocycles. The Morgan fingerprint density at radius 2 is 1.95 bits per heavy atom. The molecule has 4 nitrogen and oxygen atoms in total. The average Bonchev–Trinajstić information content (AvgIpc) is 3.01. The van der Waals surface area contributed by atoms with Gasteiger partial charge in [0.25, 0.3) is 0 Å². The minimum atomic E-state index is 0.565. The number of para-hydroxylation sites is 1. The van der Waals surface area contributed by atoms with Crippen molar-refractivity contribution in [1.82, 2.24) is 9.97 Å². The molecular weight excluding hydrogens is 260 g/mol. The summed E-state index contributed by atoms with van der Waals surface area (Å²) >= 11 is 0. The Bertz CT molecular complexity index is 591. The zero-order valence-corrected chi connectivity index (χ0v) is 12.5. The van der Waals surface area contributed by atoms with Crippen molar-refractivity contribution in [3.63, 3.8) is 0 Å². The molecule has 2 aromatic rings. The smallest absolute Gasteiger partial charge is 0.229 e. The molecule has 0 bridgehead atoms. The molecule has 110 valence electrons. The summed E-state index contributed by atoms with van der Waals surface area (Å²) in [6.45, 7) is 2.15. The van der Waals surface area contributed by atoms with Crippen molar-refractivity contribution < 1.29 is 0 Å². The molecular formula is C17H22N4. The van der Waals surface area contributed by atoms with Crippen molar-refractivity contribution in [2.45, 2.75) is 45.1 Å². The van der Waals surface area contributed by atoms with Crippen LogP contribution in [-0.2, 0) is 6.42 Å². The first-order chi connectivity index (χ1) is 10.3. The molecule has 1 aromatic heterocycles. The molecule has 1 aliphatic carbocycles. The molecule has 0 spiro atoms. The first-order valence-electron chi connectivity index (χ1n) is 7.79. The molecule has 0 atom stereocenters. The lowest BCUT2D eigenvalue weighted by atomic mass is 10.1. The highest BCUT2D eigenvalue weighted by Crippen LogP contribution is 2.23. The van der Waals surface area contributed by atoms with Crippen molar-refractivity contribution in [3.05, 3.63) is 42.1 Å². The fraction of sp³-hybridized carbons (Fsp3) is 0.412. The number of benzene rings is 1. The van der Waals surface area contributed by atoms with Gasteiger partial charge in [-0.25, -0.2) is 4.98 Å². The normalized spacial score (nSPS) is 15.1. The van der Waals surface area contributed by atoms with Crippen LogP contribution in [0.5, 0.6) is 0 Å². The summed E-state index contributed by atoms with van der Waals surface area (Å²) in [7, 11) is 0. The largest absolute Gasteiger partial charge is 0.367 e. The predicted molar refractivity (Wildman–Crippen MR) is 87.0 cm³/mol. The molecule has 1 aliphatic rings. The zero-order valence-electron chi connectivity index (χ0n) is 12.5. The third-order valence-corrected chi connectivity index (χ3v) is 4.01. The van der Waals surface area contributed by atoms with Gasteiger partial charge in [0.2, 0.25) is 5.95 Å². The van der Waals surface area contributed by atoms with Gasteiger partial charge in [-0.3, -0.25) is 0 Å². The van der Waals surface area contributed by atoms with Crippen LogP contribution in [0.2, 0.25) is 0 Å². The van der Waals surface area contributed by atoms with E-state index in [0.717, 1.165) is 17.9 Å². The summed E-state index contributed by atoms with van der Waals surface area (Å²) in [5, 5.41) is 6.83. The molecule has 2 N–H and O–H groups in total. The van der Waals surface area contributed by atoms with Gasteiger partial charge in [0.15, 0.2) is 0 Å². The Labute approximate surface area is 126 Å². The van der Waals surface area contributed by atoms with E-state index in [-0.39, 0.29) is 0 Å². The lowest BCUT2D eigenvalue weighted by Gasteiger charge is -2.14. The maximum Gasteiger partial charge on any atom is 0.229 e. The van der Waals surface area contributed by atoms with E-state index in [1.54, 1.807) is 6.20 Å². The summed E-state index contributed by atoms with van der Waals surface area (Å²) in [6, 6.07) is 10.8. The van der Waals surface area contributed by atoms with Gasteiger partial charge in [-0.1, -0.05) is 38.0 Å². The van der Waals surface area contributed by atoms with Crippen molar-refractivity contribution in [3.8, 4) is 0 Å². The Morgan fingerprint density at radius 3 is 2.76 bits per heavy atom. The number of hydrogen-bond donors (Lipinski definition) is 2. The third-order valence-electron chi connectivity index (χ3n) is 4.01. The first-order valence-corrected chi connectivity index (χ1v) is 7.79. The summed E-state index contributed by atoms with van der Waals surface area (Å²) in [6.07, 6.45) is 7.91. The average molecular weight is 282 g/mol. The van der Waals surface area contributed by atoms with Crippen LogP contribution in [0.15, 0.2) is 36.5 Å².